The Hall–Kier alpha value is -3.09. The normalized spacial score (nSPS) is 11.2. The van der Waals surface area contributed by atoms with Crippen molar-refractivity contribution in [2.75, 3.05) is 7.11 Å². The van der Waals surface area contributed by atoms with E-state index in [0.717, 1.165) is 11.7 Å². The Balaban J connectivity index is 1.98. The number of phenols is 1. The van der Waals surface area contributed by atoms with Gasteiger partial charge in [-0.2, -0.15) is 0 Å². The largest absolute Gasteiger partial charge is 0.507 e. The Morgan fingerprint density at radius 3 is 1.48 bits per heavy atom. The summed E-state index contributed by atoms with van der Waals surface area (Å²) >= 11 is 0. The first-order valence-electron chi connectivity index (χ1n) is 9.65. The van der Waals surface area contributed by atoms with Crippen LogP contribution < -0.4 is 20.7 Å². The molecule has 0 unspecified atom stereocenters. The number of hydrogen-bond acceptors (Lipinski definition) is 2. The topological polar surface area (TPSA) is 29.5 Å². The van der Waals surface area contributed by atoms with Crippen molar-refractivity contribution < 1.29 is 9.84 Å². The first kappa shape index (κ1) is 19.2. The molecule has 0 bridgehead atoms. The quantitative estimate of drug-likeness (QED) is 0.468. The van der Waals surface area contributed by atoms with Crippen LogP contribution in [0.2, 0.25) is 0 Å². The van der Waals surface area contributed by atoms with Crippen LogP contribution in [0.3, 0.4) is 0 Å². The second-order valence-corrected chi connectivity index (χ2v) is 10.5. The van der Waals surface area contributed by atoms with Gasteiger partial charge in [-0.3, -0.25) is 0 Å². The number of rotatable bonds is 6. The summed E-state index contributed by atoms with van der Waals surface area (Å²) in [6.45, 7) is 0. The maximum Gasteiger partial charge on any atom is 0.126 e. The molecule has 29 heavy (non-hydrogen) atoms. The fourth-order valence-corrected chi connectivity index (χ4v) is 8.09. The summed E-state index contributed by atoms with van der Waals surface area (Å²) in [4.78, 5) is 0. The van der Waals surface area contributed by atoms with E-state index in [9.17, 15) is 5.11 Å². The molecule has 4 rings (SSSR count). The molecule has 2 nitrogen and oxygen atoms in total. The molecular weight excluding hydrogens is 375 g/mol. The fourth-order valence-electron chi connectivity index (χ4n) is 3.83. The molecule has 1 N–H and O–H groups in total. The molecule has 0 aliphatic rings. The summed E-state index contributed by atoms with van der Waals surface area (Å²) in [5.74, 6) is 0.936. The van der Waals surface area contributed by atoms with Crippen LogP contribution in [0.25, 0.3) is 0 Å². The average molecular weight is 399 g/mol. The Morgan fingerprint density at radius 1 is 0.655 bits per heavy atom. The van der Waals surface area contributed by atoms with Gasteiger partial charge in [0.25, 0.3) is 0 Å². The second kappa shape index (κ2) is 8.51. The van der Waals surface area contributed by atoms with Gasteiger partial charge >= 0.3 is 0 Å². The standard InChI is InChI=1S/C26H23O2P/c1-28-22-18-17-21(26(27)19-22)20-29(23-11-5-2-6-12-23,24-13-7-3-8-14-24)25-15-9-4-10-16-25/h2-19H,20H2,1H3/p+1. The zero-order valence-electron chi connectivity index (χ0n) is 16.4. The molecule has 0 saturated heterocycles. The van der Waals surface area contributed by atoms with E-state index in [1.54, 1.807) is 13.2 Å². The van der Waals surface area contributed by atoms with Gasteiger partial charge in [-0.1, -0.05) is 54.6 Å². The Kier molecular flexibility index (Phi) is 5.64. The fraction of sp³-hybridized carbons (Fsp3) is 0.0769. The van der Waals surface area contributed by atoms with Crippen molar-refractivity contribution in [2.45, 2.75) is 6.16 Å². The highest BCUT2D eigenvalue weighted by atomic mass is 31.2. The van der Waals surface area contributed by atoms with Crippen LogP contribution in [0.1, 0.15) is 5.56 Å². The van der Waals surface area contributed by atoms with Gasteiger partial charge in [0.2, 0.25) is 0 Å². The van der Waals surface area contributed by atoms with Gasteiger partial charge in [0.15, 0.2) is 0 Å². The molecule has 0 radical (unpaired) electrons. The first-order chi connectivity index (χ1) is 14.2. The summed E-state index contributed by atoms with van der Waals surface area (Å²) in [7, 11) is -0.412. The van der Waals surface area contributed by atoms with Gasteiger partial charge in [0.1, 0.15) is 40.8 Å². The lowest BCUT2D eigenvalue weighted by Crippen LogP contribution is -2.32. The smallest absolute Gasteiger partial charge is 0.126 e. The van der Waals surface area contributed by atoms with E-state index in [-0.39, 0.29) is 5.75 Å². The van der Waals surface area contributed by atoms with Crippen LogP contribution >= 0.6 is 7.26 Å². The molecule has 0 saturated carbocycles. The van der Waals surface area contributed by atoms with Crippen molar-refractivity contribution in [1.29, 1.82) is 0 Å². The van der Waals surface area contributed by atoms with E-state index >= 15 is 0 Å². The molecule has 0 fully saturated rings. The Labute approximate surface area is 172 Å². The van der Waals surface area contributed by atoms with Gasteiger partial charge in [-0.25, -0.2) is 0 Å². The molecule has 3 heteroatoms. The first-order valence-corrected chi connectivity index (χ1v) is 11.6. The Morgan fingerprint density at radius 2 is 1.10 bits per heavy atom. The maximum absolute atomic E-state index is 10.8. The van der Waals surface area contributed by atoms with Crippen molar-refractivity contribution in [3.8, 4) is 11.5 Å². The van der Waals surface area contributed by atoms with Crippen LogP contribution in [0, 0.1) is 0 Å². The number of methoxy groups -OCH3 is 1. The lowest BCUT2D eigenvalue weighted by Gasteiger charge is -2.28. The molecule has 144 valence electrons. The third-order valence-electron chi connectivity index (χ3n) is 5.29. The predicted molar refractivity (Wildman–Crippen MR) is 124 cm³/mol. The summed E-state index contributed by atoms with van der Waals surface area (Å²) in [5.41, 5.74) is 0.927. The SMILES string of the molecule is COc1ccc(C[P+](c2ccccc2)(c2ccccc2)c2ccccc2)c(O)c1. The van der Waals surface area contributed by atoms with Crippen LogP contribution in [-0.4, -0.2) is 12.2 Å². The third kappa shape index (κ3) is 3.77. The van der Waals surface area contributed by atoms with E-state index in [0.29, 0.717) is 5.75 Å². The molecule has 0 heterocycles. The average Bonchev–Trinajstić information content (AvgIpc) is 2.80. The van der Waals surface area contributed by atoms with Crippen molar-refractivity contribution in [3.05, 3.63) is 115 Å². The zero-order chi connectivity index (χ0) is 20.1. The third-order valence-corrected chi connectivity index (χ3v) is 9.64. The van der Waals surface area contributed by atoms with E-state index in [2.05, 4.69) is 91.0 Å². The minimum atomic E-state index is -2.03. The van der Waals surface area contributed by atoms with Crippen molar-refractivity contribution in [3.63, 3.8) is 0 Å². The van der Waals surface area contributed by atoms with Gasteiger partial charge in [-0.15, -0.1) is 0 Å². The maximum atomic E-state index is 10.8. The molecule has 4 aromatic rings. The lowest BCUT2D eigenvalue weighted by molar-refractivity contribution is 0.407. The Bertz CT molecular complexity index is 967. The van der Waals surface area contributed by atoms with Gasteiger partial charge in [-0.05, 0) is 48.5 Å². The molecule has 0 atom stereocenters. The summed E-state index contributed by atoms with van der Waals surface area (Å²) in [6, 6.07) is 37.7. The predicted octanol–water partition coefficient (Wildman–Crippen LogP) is 4.89. The zero-order valence-corrected chi connectivity index (χ0v) is 17.3. The highest BCUT2D eigenvalue weighted by Gasteiger charge is 2.45. The molecule has 0 aromatic heterocycles. The summed E-state index contributed by atoms with van der Waals surface area (Å²) < 4.78 is 5.28. The van der Waals surface area contributed by atoms with E-state index in [1.165, 1.54) is 15.9 Å². The van der Waals surface area contributed by atoms with Crippen LogP contribution in [0.4, 0.5) is 0 Å². The van der Waals surface area contributed by atoms with Crippen molar-refractivity contribution in [1.82, 2.24) is 0 Å². The summed E-state index contributed by atoms with van der Waals surface area (Å²) in [6.07, 6.45) is 0.737. The van der Waals surface area contributed by atoms with Crippen LogP contribution in [-0.2, 0) is 6.16 Å². The van der Waals surface area contributed by atoms with E-state index < -0.39 is 7.26 Å². The molecule has 0 amide bonds. The lowest BCUT2D eigenvalue weighted by atomic mass is 10.2. The number of hydrogen-bond donors (Lipinski definition) is 1. The van der Waals surface area contributed by atoms with Crippen molar-refractivity contribution in [2.24, 2.45) is 0 Å². The van der Waals surface area contributed by atoms with E-state index in [1.807, 2.05) is 12.1 Å². The minimum Gasteiger partial charge on any atom is -0.507 e. The molecule has 0 aliphatic heterocycles. The van der Waals surface area contributed by atoms with E-state index in [4.69, 9.17) is 4.74 Å². The molecule has 0 aliphatic carbocycles. The van der Waals surface area contributed by atoms with Crippen LogP contribution in [0.5, 0.6) is 11.5 Å². The van der Waals surface area contributed by atoms with Gasteiger partial charge in [0.05, 0.1) is 7.11 Å². The minimum absolute atomic E-state index is 0.275. The highest BCUT2D eigenvalue weighted by Crippen LogP contribution is 2.59. The monoisotopic (exact) mass is 399 g/mol. The van der Waals surface area contributed by atoms with Crippen molar-refractivity contribution >= 4 is 23.2 Å². The highest BCUT2D eigenvalue weighted by molar-refractivity contribution is 7.95. The molecular formula is C26H24O2P+. The molecule has 4 aromatic carbocycles. The number of phenolic OH excluding ortho intramolecular Hbond substituents is 1. The second-order valence-electron chi connectivity index (χ2n) is 6.97. The van der Waals surface area contributed by atoms with Crippen LogP contribution in [0.15, 0.2) is 109 Å². The number of benzene rings is 4. The molecule has 0 spiro atoms. The summed E-state index contributed by atoms with van der Waals surface area (Å²) in [5, 5.41) is 14.7. The van der Waals surface area contributed by atoms with Gasteiger partial charge < -0.3 is 9.84 Å². The van der Waals surface area contributed by atoms with Gasteiger partial charge in [0, 0.05) is 11.6 Å². The number of ether oxygens (including phenoxy) is 1. The number of aromatic hydroxyl groups is 1.